The molecule has 0 rings (SSSR count). The molecule has 0 aromatic rings. The van der Waals surface area contributed by atoms with E-state index in [0.29, 0.717) is 19.3 Å². The molecule has 0 heterocycles. The van der Waals surface area contributed by atoms with E-state index in [-0.39, 0.29) is 37.5 Å². The van der Waals surface area contributed by atoms with E-state index in [1.54, 1.807) is 0 Å². The highest BCUT2D eigenvalue weighted by molar-refractivity contribution is 5.71. The van der Waals surface area contributed by atoms with Crippen molar-refractivity contribution in [2.75, 3.05) is 13.2 Å². The maximum absolute atomic E-state index is 12.7. The normalized spacial score (nSPS) is 13.4. The van der Waals surface area contributed by atoms with E-state index in [4.69, 9.17) is 14.2 Å². The Morgan fingerprint density at radius 1 is 0.362 bits per heavy atom. The van der Waals surface area contributed by atoms with Crippen LogP contribution in [-0.2, 0) is 28.6 Å². The minimum atomic E-state index is -0.825. The van der Waals surface area contributed by atoms with Gasteiger partial charge in [0.2, 0.25) is 0 Å². The fourth-order valence-corrected chi connectivity index (χ4v) is 5.33. The summed E-state index contributed by atoms with van der Waals surface area (Å²) in [5.74, 6) is -1.04. The van der Waals surface area contributed by atoms with Gasteiger partial charge in [-0.25, -0.2) is 0 Å². The number of unbranched alkanes of at least 4 members (excludes halogenated alkanes) is 11. The van der Waals surface area contributed by atoms with Gasteiger partial charge in [-0.1, -0.05) is 187 Å². The van der Waals surface area contributed by atoms with Crippen LogP contribution in [0.2, 0.25) is 0 Å². The van der Waals surface area contributed by atoms with Crippen LogP contribution in [0.15, 0.2) is 134 Å². The van der Waals surface area contributed by atoms with Gasteiger partial charge in [0.15, 0.2) is 6.10 Å². The van der Waals surface area contributed by atoms with Crippen LogP contribution in [-0.4, -0.2) is 37.2 Å². The number of allylic oxidation sites excluding steroid dienone is 22. The molecule has 1 atom stereocenters. The second-order valence-electron chi connectivity index (χ2n) is 14.0. The summed E-state index contributed by atoms with van der Waals surface area (Å²) in [6, 6.07) is 0. The van der Waals surface area contributed by atoms with Crippen molar-refractivity contribution in [3.05, 3.63) is 134 Å². The summed E-state index contributed by atoms with van der Waals surface area (Å²) in [5, 5.41) is 0. The Bertz CT molecular complexity index is 1330. The van der Waals surface area contributed by atoms with Gasteiger partial charge < -0.3 is 14.2 Å². The molecular formula is C52H78O6. The maximum atomic E-state index is 12.7. The Balaban J connectivity index is 4.59. The number of esters is 3. The molecule has 0 aliphatic rings. The van der Waals surface area contributed by atoms with E-state index < -0.39 is 6.10 Å². The molecule has 0 bridgehead atoms. The zero-order valence-corrected chi connectivity index (χ0v) is 36.5. The van der Waals surface area contributed by atoms with E-state index >= 15 is 0 Å². The number of ether oxygens (including phenoxy) is 3. The third kappa shape index (κ3) is 42.7. The second-order valence-corrected chi connectivity index (χ2v) is 14.0. The topological polar surface area (TPSA) is 78.9 Å². The van der Waals surface area contributed by atoms with Crippen molar-refractivity contribution in [3.63, 3.8) is 0 Å². The molecular weight excluding hydrogens is 721 g/mol. The molecule has 0 saturated carbocycles. The average molecular weight is 799 g/mol. The monoisotopic (exact) mass is 799 g/mol. The second kappa shape index (κ2) is 45.3. The van der Waals surface area contributed by atoms with Gasteiger partial charge in [0, 0.05) is 19.3 Å². The summed E-state index contributed by atoms with van der Waals surface area (Å²) in [6.45, 7) is 6.11. The van der Waals surface area contributed by atoms with Crippen LogP contribution in [0.3, 0.4) is 0 Å². The highest BCUT2D eigenvalue weighted by Crippen LogP contribution is 2.11. The fourth-order valence-electron chi connectivity index (χ4n) is 5.33. The lowest BCUT2D eigenvalue weighted by molar-refractivity contribution is -0.167. The van der Waals surface area contributed by atoms with Crippen molar-refractivity contribution in [1.29, 1.82) is 0 Å². The largest absolute Gasteiger partial charge is 0.462 e. The first-order valence-electron chi connectivity index (χ1n) is 22.3. The molecule has 0 aromatic carbocycles. The molecule has 0 fully saturated rings. The van der Waals surface area contributed by atoms with Crippen LogP contribution >= 0.6 is 0 Å². The molecule has 0 saturated heterocycles. The van der Waals surface area contributed by atoms with Crippen molar-refractivity contribution >= 4 is 17.9 Å². The lowest BCUT2D eigenvalue weighted by Gasteiger charge is -2.18. The van der Waals surface area contributed by atoms with Crippen molar-refractivity contribution < 1.29 is 28.6 Å². The van der Waals surface area contributed by atoms with Crippen molar-refractivity contribution in [1.82, 2.24) is 0 Å². The van der Waals surface area contributed by atoms with Gasteiger partial charge in [-0.3, -0.25) is 14.4 Å². The minimum absolute atomic E-state index is 0.121. The molecule has 0 amide bonds. The zero-order valence-electron chi connectivity index (χ0n) is 36.5. The van der Waals surface area contributed by atoms with Gasteiger partial charge in [0.1, 0.15) is 13.2 Å². The number of rotatable bonds is 37. The van der Waals surface area contributed by atoms with Gasteiger partial charge in [0.05, 0.1) is 0 Å². The predicted molar refractivity (Wildman–Crippen MR) is 246 cm³/mol. The minimum Gasteiger partial charge on any atom is -0.462 e. The summed E-state index contributed by atoms with van der Waals surface area (Å²) < 4.78 is 16.6. The summed E-state index contributed by atoms with van der Waals surface area (Å²) in [6.07, 6.45) is 62.9. The fraction of sp³-hybridized carbons (Fsp3) is 0.519. The van der Waals surface area contributed by atoms with Crippen LogP contribution in [0.4, 0.5) is 0 Å². The highest BCUT2D eigenvalue weighted by Gasteiger charge is 2.19. The molecule has 0 aliphatic carbocycles. The molecule has 0 N–H and O–H groups in total. The molecule has 0 aromatic heterocycles. The first-order valence-corrected chi connectivity index (χ1v) is 22.3. The number of carbonyl (C=O) groups is 3. The van der Waals surface area contributed by atoms with E-state index in [9.17, 15) is 14.4 Å². The van der Waals surface area contributed by atoms with E-state index in [0.717, 1.165) is 109 Å². The quantitative estimate of drug-likeness (QED) is 0.0205. The number of hydrogen-bond donors (Lipinski definition) is 0. The van der Waals surface area contributed by atoms with Crippen LogP contribution < -0.4 is 0 Å². The first-order chi connectivity index (χ1) is 28.5. The lowest BCUT2D eigenvalue weighted by atomic mass is 10.1. The van der Waals surface area contributed by atoms with Crippen LogP contribution in [0, 0.1) is 0 Å². The van der Waals surface area contributed by atoms with Gasteiger partial charge >= 0.3 is 17.9 Å². The Morgan fingerprint density at radius 2 is 0.707 bits per heavy atom. The predicted octanol–water partition coefficient (Wildman–Crippen LogP) is 14.4. The average Bonchev–Trinajstić information content (AvgIpc) is 3.22. The van der Waals surface area contributed by atoms with Gasteiger partial charge in [0.25, 0.3) is 0 Å². The molecule has 6 nitrogen and oxygen atoms in total. The summed E-state index contributed by atoms with van der Waals surface area (Å²) >= 11 is 0. The Kier molecular flexibility index (Phi) is 41.8. The van der Waals surface area contributed by atoms with Crippen LogP contribution in [0.25, 0.3) is 0 Å². The first kappa shape index (κ1) is 53.6. The summed E-state index contributed by atoms with van der Waals surface area (Å²) in [4.78, 5) is 37.7. The Hall–Kier alpha value is -4.45. The smallest absolute Gasteiger partial charge is 0.306 e. The molecule has 1 unspecified atom stereocenters. The third-order valence-corrected chi connectivity index (χ3v) is 8.60. The van der Waals surface area contributed by atoms with Gasteiger partial charge in [-0.15, -0.1) is 0 Å². The number of hydrogen-bond acceptors (Lipinski definition) is 6. The molecule has 0 aliphatic heterocycles. The summed E-state index contributed by atoms with van der Waals surface area (Å²) in [5.41, 5.74) is 0. The molecule has 58 heavy (non-hydrogen) atoms. The van der Waals surface area contributed by atoms with Crippen molar-refractivity contribution in [2.45, 2.75) is 162 Å². The van der Waals surface area contributed by atoms with E-state index in [1.807, 2.05) is 85.1 Å². The highest BCUT2D eigenvalue weighted by atomic mass is 16.6. The Morgan fingerprint density at radius 3 is 1.17 bits per heavy atom. The van der Waals surface area contributed by atoms with Crippen molar-refractivity contribution in [2.24, 2.45) is 0 Å². The molecule has 322 valence electrons. The lowest BCUT2D eigenvalue weighted by Crippen LogP contribution is -2.30. The number of carbonyl (C=O) groups excluding carboxylic acids is 3. The van der Waals surface area contributed by atoms with Gasteiger partial charge in [-0.2, -0.15) is 0 Å². The molecule has 0 spiro atoms. The molecule has 0 radical (unpaired) electrons. The Labute approximate surface area is 354 Å². The van der Waals surface area contributed by atoms with Crippen LogP contribution in [0.1, 0.15) is 156 Å². The maximum Gasteiger partial charge on any atom is 0.306 e. The molecule has 6 heteroatoms. The SMILES string of the molecule is CC\C=C/C=C\C=C/C=C\C=C/CCCCCC(=O)OCC(COC(=O)CCCCCCC/C=C\C/C=C\CC)OC(=O)CCCCC\C=C/C=C\C=C/C=C\CC. The summed E-state index contributed by atoms with van der Waals surface area (Å²) in [7, 11) is 0. The van der Waals surface area contributed by atoms with Crippen molar-refractivity contribution in [3.8, 4) is 0 Å². The van der Waals surface area contributed by atoms with Crippen LogP contribution in [0.5, 0.6) is 0 Å². The van der Waals surface area contributed by atoms with E-state index in [1.165, 1.54) is 0 Å². The third-order valence-electron chi connectivity index (χ3n) is 8.60. The zero-order chi connectivity index (χ0) is 42.3. The van der Waals surface area contributed by atoms with E-state index in [2.05, 4.69) is 69.4 Å². The van der Waals surface area contributed by atoms with Gasteiger partial charge in [-0.05, 0) is 83.5 Å². The standard InChI is InChI=1S/C52H78O6/c1-4-7-10-13-16-19-22-25-26-28-30-33-36-39-42-45-51(54)57-48-49(47-56-50(53)44-41-38-35-32-29-24-21-18-15-12-9-6-3)58-52(55)46-43-40-37-34-31-27-23-20-17-14-11-8-5-2/h7-14,16-23,25-28,30-31,49H,4-6,15,24,29,32-48H2,1-3H3/b10-7-,11-8-,12-9-,16-13-,17-14-,21-18-,22-19-,23-20-,26-25-,30-28-,31-27-.